The average molecular weight is 518 g/mol. The lowest BCUT2D eigenvalue weighted by atomic mass is 9.82. The minimum atomic E-state index is -3.51. The van der Waals surface area contributed by atoms with Crippen molar-refractivity contribution in [2.24, 2.45) is 5.92 Å². The Labute approximate surface area is 213 Å². The molecule has 196 valence electrons. The number of hydrogen-bond acceptors (Lipinski definition) is 6. The molecule has 2 atom stereocenters. The zero-order chi connectivity index (χ0) is 25.0. The van der Waals surface area contributed by atoms with E-state index in [1.807, 2.05) is 18.2 Å². The van der Waals surface area contributed by atoms with E-state index >= 15 is 0 Å². The minimum absolute atomic E-state index is 0.000855. The molecule has 1 aliphatic carbocycles. The Balaban J connectivity index is 1.21. The maximum absolute atomic E-state index is 13.6. The van der Waals surface area contributed by atoms with Crippen LogP contribution in [0.1, 0.15) is 56.4 Å². The number of nitrogens with zero attached hydrogens (tertiary/aromatic N) is 4. The van der Waals surface area contributed by atoms with Gasteiger partial charge >= 0.3 is 0 Å². The van der Waals surface area contributed by atoms with Crippen LogP contribution in [-0.4, -0.2) is 67.9 Å². The van der Waals surface area contributed by atoms with Gasteiger partial charge in [0.05, 0.1) is 12.7 Å². The van der Waals surface area contributed by atoms with Gasteiger partial charge in [-0.3, -0.25) is 0 Å². The highest BCUT2D eigenvalue weighted by molar-refractivity contribution is 7.87. The lowest BCUT2D eigenvalue weighted by Crippen LogP contribution is -2.55. The Hall–Kier alpha value is -2.14. The van der Waals surface area contributed by atoms with Crippen molar-refractivity contribution in [3.05, 3.63) is 54.0 Å². The number of halogens is 1. The van der Waals surface area contributed by atoms with Crippen molar-refractivity contribution in [2.75, 3.05) is 37.7 Å². The maximum atomic E-state index is 13.6. The number of benzene rings is 1. The molecule has 3 fully saturated rings. The van der Waals surface area contributed by atoms with Gasteiger partial charge in [0.1, 0.15) is 5.82 Å². The van der Waals surface area contributed by atoms with Crippen molar-refractivity contribution in [3.63, 3.8) is 0 Å². The SMILES string of the molecule is O=S(=O)(N[C@H]1CCN(c2cccnn2)C[C@H]1COC1CCC(c2cccc(F)c2)CC1)N1CCCC1. The van der Waals surface area contributed by atoms with Crippen LogP contribution in [-0.2, 0) is 14.9 Å². The first-order valence-corrected chi connectivity index (χ1v) is 14.6. The molecule has 10 heteroatoms. The number of rotatable bonds is 8. The summed E-state index contributed by atoms with van der Waals surface area (Å²) in [5.41, 5.74) is 1.07. The fourth-order valence-electron chi connectivity index (χ4n) is 5.80. The third-order valence-corrected chi connectivity index (χ3v) is 9.51. The molecular formula is C26H36FN5O3S. The number of hydrogen-bond donors (Lipinski definition) is 1. The monoisotopic (exact) mass is 517 g/mol. The molecule has 5 rings (SSSR count). The van der Waals surface area contributed by atoms with Crippen LogP contribution in [0.25, 0.3) is 0 Å². The van der Waals surface area contributed by atoms with Crippen LogP contribution in [0.3, 0.4) is 0 Å². The van der Waals surface area contributed by atoms with Gasteiger partial charge in [-0.25, -0.2) is 4.39 Å². The molecule has 0 amide bonds. The predicted octanol–water partition coefficient (Wildman–Crippen LogP) is 3.48. The van der Waals surface area contributed by atoms with Gasteiger partial charge in [0, 0.05) is 44.3 Å². The Kier molecular flexibility index (Phi) is 8.15. The molecule has 0 spiro atoms. The normalized spacial score (nSPS) is 27.9. The molecular weight excluding hydrogens is 481 g/mol. The lowest BCUT2D eigenvalue weighted by Gasteiger charge is -2.40. The Bertz CT molecular complexity index is 1090. The number of piperidine rings is 1. The van der Waals surface area contributed by atoms with Gasteiger partial charge < -0.3 is 9.64 Å². The minimum Gasteiger partial charge on any atom is -0.378 e. The third kappa shape index (κ3) is 6.22. The predicted molar refractivity (Wildman–Crippen MR) is 136 cm³/mol. The molecule has 2 aliphatic heterocycles. The van der Waals surface area contributed by atoms with Crippen LogP contribution >= 0.6 is 0 Å². The zero-order valence-corrected chi connectivity index (χ0v) is 21.5. The van der Waals surface area contributed by atoms with Crippen LogP contribution in [0.4, 0.5) is 10.2 Å². The second-order valence-corrected chi connectivity index (χ2v) is 12.0. The lowest BCUT2D eigenvalue weighted by molar-refractivity contribution is -0.00225. The van der Waals surface area contributed by atoms with E-state index in [4.69, 9.17) is 4.74 Å². The Morgan fingerprint density at radius 3 is 2.56 bits per heavy atom. The van der Waals surface area contributed by atoms with Crippen molar-refractivity contribution in [1.29, 1.82) is 0 Å². The average Bonchev–Trinajstić information content (AvgIpc) is 3.45. The fourth-order valence-corrected chi connectivity index (χ4v) is 7.38. The summed E-state index contributed by atoms with van der Waals surface area (Å²) in [7, 11) is -3.51. The first-order chi connectivity index (χ1) is 17.5. The van der Waals surface area contributed by atoms with E-state index < -0.39 is 10.2 Å². The molecule has 1 N–H and O–H groups in total. The summed E-state index contributed by atoms with van der Waals surface area (Å²) in [4.78, 5) is 2.17. The van der Waals surface area contributed by atoms with Crippen molar-refractivity contribution >= 4 is 16.0 Å². The van der Waals surface area contributed by atoms with Crippen LogP contribution < -0.4 is 9.62 Å². The van der Waals surface area contributed by atoms with Gasteiger partial charge in [-0.15, -0.1) is 5.10 Å². The van der Waals surface area contributed by atoms with Crippen LogP contribution in [0.15, 0.2) is 42.6 Å². The van der Waals surface area contributed by atoms with E-state index in [9.17, 15) is 12.8 Å². The van der Waals surface area contributed by atoms with Gasteiger partial charge in [0.25, 0.3) is 10.2 Å². The topological polar surface area (TPSA) is 87.7 Å². The molecule has 0 bridgehead atoms. The van der Waals surface area contributed by atoms with Crippen molar-refractivity contribution in [3.8, 4) is 0 Å². The molecule has 0 unspecified atom stereocenters. The standard InChI is InChI=1S/C26H36FN5O3S/c27-23-6-3-5-21(17-23)20-8-10-24(11-9-20)35-19-22-18-31(26-7-4-13-28-29-26)16-12-25(22)30-36(33,34)32-14-1-2-15-32/h3-7,13,17,20,22,24-25,30H,1-2,8-12,14-16,18-19H2/t20?,22-,24?,25-/m0/s1. The van der Waals surface area contributed by atoms with E-state index in [-0.39, 0.29) is 23.9 Å². The molecule has 1 aromatic heterocycles. The molecule has 0 radical (unpaired) electrons. The summed E-state index contributed by atoms with van der Waals surface area (Å²) in [6.45, 7) is 3.03. The molecule has 2 aromatic rings. The number of nitrogens with one attached hydrogen (secondary N) is 1. The van der Waals surface area contributed by atoms with Crippen LogP contribution in [0.5, 0.6) is 0 Å². The summed E-state index contributed by atoms with van der Waals surface area (Å²) in [6.07, 6.45) is 8.08. The molecule has 8 nitrogen and oxygen atoms in total. The van der Waals surface area contributed by atoms with Crippen molar-refractivity contribution in [1.82, 2.24) is 19.2 Å². The third-order valence-electron chi connectivity index (χ3n) is 7.86. The summed E-state index contributed by atoms with van der Waals surface area (Å²) < 4.78 is 50.6. The first-order valence-electron chi connectivity index (χ1n) is 13.1. The highest BCUT2D eigenvalue weighted by Gasteiger charge is 2.36. The quantitative estimate of drug-likeness (QED) is 0.577. The number of aromatic nitrogens is 2. The van der Waals surface area contributed by atoms with E-state index in [1.54, 1.807) is 22.6 Å². The van der Waals surface area contributed by atoms with Crippen molar-refractivity contribution in [2.45, 2.75) is 63.0 Å². The van der Waals surface area contributed by atoms with Crippen molar-refractivity contribution < 1.29 is 17.5 Å². The van der Waals surface area contributed by atoms with Gasteiger partial charge in [-0.05, 0) is 80.7 Å². The van der Waals surface area contributed by atoms with Gasteiger partial charge in [0.15, 0.2) is 5.82 Å². The fraction of sp³-hybridized carbons (Fsp3) is 0.615. The summed E-state index contributed by atoms with van der Waals surface area (Å²) in [5, 5.41) is 8.26. The second-order valence-electron chi connectivity index (χ2n) is 10.3. The zero-order valence-electron chi connectivity index (χ0n) is 20.6. The Morgan fingerprint density at radius 1 is 1.03 bits per heavy atom. The molecule has 3 aliphatic rings. The van der Waals surface area contributed by atoms with E-state index in [0.717, 1.165) is 49.9 Å². The van der Waals surface area contributed by atoms with E-state index in [1.165, 1.54) is 6.07 Å². The van der Waals surface area contributed by atoms with Gasteiger partial charge in [0.2, 0.25) is 0 Å². The molecule has 1 saturated carbocycles. The summed E-state index contributed by atoms with van der Waals surface area (Å²) >= 11 is 0. The maximum Gasteiger partial charge on any atom is 0.279 e. The summed E-state index contributed by atoms with van der Waals surface area (Å²) in [5.74, 6) is 0.985. The first kappa shape index (κ1) is 25.5. The van der Waals surface area contributed by atoms with Gasteiger partial charge in [-0.2, -0.15) is 22.5 Å². The smallest absolute Gasteiger partial charge is 0.279 e. The number of anilines is 1. The van der Waals surface area contributed by atoms with E-state index in [0.29, 0.717) is 45.1 Å². The molecule has 3 heterocycles. The molecule has 1 aromatic carbocycles. The molecule has 36 heavy (non-hydrogen) atoms. The highest BCUT2D eigenvalue weighted by atomic mass is 32.2. The summed E-state index contributed by atoms with van der Waals surface area (Å²) in [6, 6.07) is 10.5. The Morgan fingerprint density at radius 2 is 1.83 bits per heavy atom. The van der Waals surface area contributed by atoms with Crippen LogP contribution in [0, 0.1) is 11.7 Å². The van der Waals surface area contributed by atoms with Crippen LogP contribution in [0.2, 0.25) is 0 Å². The van der Waals surface area contributed by atoms with E-state index in [2.05, 4.69) is 19.8 Å². The largest absolute Gasteiger partial charge is 0.378 e. The second kappa shape index (κ2) is 11.5. The number of ether oxygens (including phenoxy) is 1. The van der Waals surface area contributed by atoms with Gasteiger partial charge in [-0.1, -0.05) is 12.1 Å². The highest BCUT2D eigenvalue weighted by Crippen LogP contribution is 2.35. The molecule has 2 saturated heterocycles.